The fourth-order valence-corrected chi connectivity index (χ4v) is 9.46. The quantitative estimate of drug-likeness (QED) is 0.180. The third kappa shape index (κ3) is 7.17. The van der Waals surface area contributed by atoms with E-state index in [2.05, 4.69) is 19.7 Å². The average molecular weight is 789 g/mol. The van der Waals surface area contributed by atoms with E-state index in [1.807, 2.05) is 36.4 Å². The molecule has 288 valence electrons. The van der Waals surface area contributed by atoms with Gasteiger partial charge in [0.15, 0.2) is 0 Å². The van der Waals surface area contributed by atoms with Crippen molar-refractivity contribution in [3.05, 3.63) is 77.6 Å². The van der Waals surface area contributed by atoms with Gasteiger partial charge in [-0.15, -0.1) is 0 Å². The monoisotopic (exact) mass is 788 g/mol. The molecule has 2 aliphatic heterocycles. The molecule has 16 heteroatoms. The van der Waals surface area contributed by atoms with Crippen LogP contribution in [0.15, 0.2) is 66.9 Å². The molecule has 2 aromatic carbocycles. The van der Waals surface area contributed by atoms with Gasteiger partial charge in [-0.05, 0) is 86.6 Å². The Kier molecular flexibility index (Phi) is 9.60. The lowest BCUT2D eigenvalue weighted by molar-refractivity contribution is -0.141. The van der Waals surface area contributed by atoms with Crippen molar-refractivity contribution in [2.24, 2.45) is 5.92 Å². The molecule has 3 N–H and O–H groups in total. The number of pyridine rings is 1. The second-order valence-corrected chi connectivity index (χ2v) is 18.3. The summed E-state index contributed by atoms with van der Waals surface area (Å²) in [6.45, 7) is 1.50. The third-order valence-corrected chi connectivity index (χ3v) is 14.3. The van der Waals surface area contributed by atoms with Gasteiger partial charge in [0, 0.05) is 29.3 Å². The highest BCUT2D eigenvalue weighted by Crippen LogP contribution is 2.47. The minimum Gasteiger partial charge on any atom is -0.472 e. The van der Waals surface area contributed by atoms with Crippen LogP contribution in [0.2, 0.25) is 0 Å². The van der Waals surface area contributed by atoms with Gasteiger partial charge in [-0.2, -0.15) is 0 Å². The third-order valence-electron chi connectivity index (χ3n) is 11.3. The Morgan fingerprint density at radius 1 is 1.05 bits per heavy atom. The van der Waals surface area contributed by atoms with Crippen LogP contribution in [0.5, 0.6) is 5.88 Å². The Hall–Kier alpha value is -4.96. The molecule has 4 aromatic rings. The molecule has 4 heterocycles. The van der Waals surface area contributed by atoms with E-state index in [0.717, 1.165) is 29.8 Å². The number of benzene rings is 2. The van der Waals surface area contributed by atoms with E-state index in [4.69, 9.17) is 9.72 Å². The summed E-state index contributed by atoms with van der Waals surface area (Å²) in [5, 5.41) is 7.67. The molecule has 4 amide bonds. The topological polar surface area (TPSA) is 177 Å². The lowest BCUT2D eigenvalue weighted by Crippen LogP contribution is -2.58. The fraction of sp³-hybridized carbons (Fsp3) is 0.436. The Morgan fingerprint density at radius 2 is 1.87 bits per heavy atom. The molecule has 4 aliphatic rings. The molecule has 0 radical (unpaired) electrons. The van der Waals surface area contributed by atoms with Crippen LogP contribution in [-0.2, 0) is 24.4 Å². The van der Waals surface area contributed by atoms with Gasteiger partial charge < -0.3 is 20.3 Å². The van der Waals surface area contributed by atoms with Crippen molar-refractivity contribution in [1.29, 1.82) is 0 Å². The van der Waals surface area contributed by atoms with E-state index in [1.54, 1.807) is 19.1 Å². The van der Waals surface area contributed by atoms with Crippen LogP contribution in [0.4, 0.5) is 4.39 Å². The summed E-state index contributed by atoms with van der Waals surface area (Å²) in [5.41, 5.74) is -0.937. The zero-order valence-electron chi connectivity index (χ0n) is 30.1. The molecular formula is C39H41FN6O7S2. The summed E-state index contributed by atoms with van der Waals surface area (Å²) in [4.78, 5) is 62.6. The number of rotatable bonds is 7. The number of carbonyl (C=O) groups is 4. The van der Waals surface area contributed by atoms with Gasteiger partial charge in [0.25, 0.3) is 11.8 Å². The van der Waals surface area contributed by atoms with Crippen molar-refractivity contribution < 1.29 is 36.7 Å². The maximum Gasteiger partial charge on any atom is 0.263 e. The number of para-hydroxylation sites is 1. The molecule has 2 aromatic heterocycles. The second-order valence-electron chi connectivity index (χ2n) is 15.2. The number of hydrogen-bond acceptors (Lipinski definition) is 10. The molecule has 0 bridgehead atoms. The molecular weight excluding hydrogens is 748 g/mol. The average Bonchev–Trinajstić information content (AvgIpc) is 3.91. The van der Waals surface area contributed by atoms with Crippen LogP contribution < -0.4 is 20.1 Å². The van der Waals surface area contributed by atoms with Gasteiger partial charge in [-0.3, -0.25) is 23.9 Å². The first-order chi connectivity index (χ1) is 26.4. The summed E-state index contributed by atoms with van der Waals surface area (Å²) in [6.07, 6.45) is 8.63. The van der Waals surface area contributed by atoms with Crippen LogP contribution in [-0.4, -0.2) is 81.3 Å². The molecule has 55 heavy (non-hydrogen) atoms. The maximum absolute atomic E-state index is 14.7. The first-order valence-corrected chi connectivity index (χ1v) is 20.9. The molecule has 1 saturated heterocycles. The SMILES string of the molecule is CC1(S(=O)(=O)NC(=O)[C@@]23C[C@H]2/C=C\CCCCC[C@H](NC(=O)c2ccns2)C(=O)N2C[C@H](Oc4nc5ccccc5c5ccc(F)cc45)C[C@H]2C(=O)N3)CC1. The lowest BCUT2D eigenvalue weighted by Gasteiger charge is -2.30. The number of carbonyl (C=O) groups excluding carboxylic acids is 4. The second kappa shape index (κ2) is 14.3. The van der Waals surface area contributed by atoms with Crippen LogP contribution >= 0.6 is 11.5 Å². The first-order valence-electron chi connectivity index (χ1n) is 18.6. The lowest BCUT2D eigenvalue weighted by atomic mass is 10.0. The van der Waals surface area contributed by atoms with Crippen molar-refractivity contribution >= 4 is 66.9 Å². The first kappa shape index (κ1) is 37.0. The van der Waals surface area contributed by atoms with Gasteiger partial charge in [0.05, 0.1) is 16.8 Å². The smallest absolute Gasteiger partial charge is 0.263 e. The standard InChI is InChI=1S/C39H41FN6O7S2/c1-38(16-17-38)55(51,52)45-37(50)39-21-23(39)9-5-3-2-4-6-12-30(42-34(48)32-15-18-41-54-32)36(49)46-22-25(20-31(46)33(47)44-39)53-35-28-19-24(40)13-14-26(28)27-10-7-8-11-29(27)43-35/h5,7-11,13-15,18-19,23,25,30-31H,2-4,6,12,16-17,20-22H2,1H3,(H,42,48)(H,44,47)(H,45,50)/b9-5-/t23-,25-,30+,31+,39-/m1/s1. The highest BCUT2D eigenvalue weighted by atomic mass is 32.2. The van der Waals surface area contributed by atoms with Gasteiger partial charge in [-0.25, -0.2) is 22.2 Å². The highest BCUT2D eigenvalue weighted by molar-refractivity contribution is 7.91. The number of fused-ring (bicyclic) bond motifs is 5. The van der Waals surface area contributed by atoms with E-state index >= 15 is 0 Å². The molecule has 13 nitrogen and oxygen atoms in total. The fourth-order valence-electron chi connectivity index (χ4n) is 7.65. The maximum atomic E-state index is 14.7. The Morgan fingerprint density at radius 3 is 2.65 bits per heavy atom. The van der Waals surface area contributed by atoms with E-state index in [0.29, 0.717) is 53.3 Å². The molecule has 5 atom stereocenters. The zero-order chi connectivity index (χ0) is 38.5. The Labute approximate surface area is 321 Å². The number of hydrogen-bond donors (Lipinski definition) is 3. The highest BCUT2D eigenvalue weighted by Gasteiger charge is 2.63. The Balaban J connectivity index is 1.13. The normalized spacial score (nSPS) is 27.2. The summed E-state index contributed by atoms with van der Waals surface area (Å²) >= 11 is 0.998. The number of ether oxygens (including phenoxy) is 1. The van der Waals surface area contributed by atoms with Gasteiger partial charge in [-0.1, -0.05) is 49.3 Å². The minimum atomic E-state index is -4.01. The molecule has 2 aliphatic carbocycles. The molecule has 0 spiro atoms. The van der Waals surface area contributed by atoms with Crippen LogP contribution in [0.3, 0.4) is 0 Å². The summed E-state index contributed by atoms with van der Waals surface area (Å²) in [6, 6.07) is 11.1. The van der Waals surface area contributed by atoms with E-state index in [-0.39, 0.29) is 25.3 Å². The molecule has 8 rings (SSSR count). The van der Waals surface area contributed by atoms with Crippen molar-refractivity contribution in [1.82, 2.24) is 29.6 Å². The van der Waals surface area contributed by atoms with Gasteiger partial charge >= 0.3 is 0 Å². The number of nitrogens with one attached hydrogen (secondary N) is 3. The predicted octanol–water partition coefficient (Wildman–Crippen LogP) is 4.52. The Bertz CT molecular complexity index is 2330. The number of amides is 4. The minimum absolute atomic E-state index is 0.0209. The zero-order valence-corrected chi connectivity index (χ0v) is 31.8. The van der Waals surface area contributed by atoms with E-state index in [9.17, 15) is 32.0 Å². The predicted molar refractivity (Wildman–Crippen MR) is 203 cm³/mol. The molecule has 0 unspecified atom stereocenters. The van der Waals surface area contributed by atoms with Crippen molar-refractivity contribution in [2.45, 2.75) is 93.2 Å². The summed E-state index contributed by atoms with van der Waals surface area (Å²) in [5.74, 6) is -3.27. The number of halogens is 1. The van der Waals surface area contributed by atoms with Crippen LogP contribution in [0, 0.1) is 11.7 Å². The van der Waals surface area contributed by atoms with Crippen LogP contribution in [0.25, 0.3) is 21.7 Å². The van der Waals surface area contributed by atoms with Gasteiger partial charge in [0.1, 0.15) is 34.4 Å². The summed E-state index contributed by atoms with van der Waals surface area (Å²) in [7, 11) is -4.01. The van der Waals surface area contributed by atoms with Crippen molar-refractivity contribution in [3.8, 4) is 5.88 Å². The number of nitrogens with zero attached hydrogens (tertiary/aromatic N) is 3. The van der Waals surface area contributed by atoms with E-state index < -0.39 is 73.9 Å². The molecule has 3 fully saturated rings. The van der Waals surface area contributed by atoms with Gasteiger partial charge in [0.2, 0.25) is 27.7 Å². The van der Waals surface area contributed by atoms with Crippen LogP contribution in [0.1, 0.15) is 74.4 Å². The van der Waals surface area contributed by atoms with Crippen molar-refractivity contribution in [3.63, 3.8) is 0 Å². The number of allylic oxidation sites excluding steroid dienone is 1. The van der Waals surface area contributed by atoms with E-state index in [1.165, 1.54) is 23.2 Å². The summed E-state index contributed by atoms with van der Waals surface area (Å²) < 4.78 is 52.6. The number of sulfonamides is 1. The van der Waals surface area contributed by atoms with Crippen molar-refractivity contribution in [2.75, 3.05) is 6.54 Å². The number of aromatic nitrogens is 2. The molecule has 2 saturated carbocycles. The largest absolute Gasteiger partial charge is 0.472 e.